The number of nitrogens with zero attached hydrogens (tertiary/aromatic N) is 1. The van der Waals surface area contributed by atoms with E-state index in [1.165, 1.54) is 17.6 Å². The SMILES string of the molecule is Cc1ccc2c(Cl)c(C(=O)N/N=C/c3cccc(O)c3)sc2c1. The van der Waals surface area contributed by atoms with E-state index in [0.29, 0.717) is 15.5 Å². The quantitative estimate of drug-likeness (QED) is 0.548. The lowest BCUT2D eigenvalue weighted by molar-refractivity contribution is 0.0959. The van der Waals surface area contributed by atoms with Crippen molar-refractivity contribution in [1.29, 1.82) is 0 Å². The van der Waals surface area contributed by atoms with Gasteiger partial charge in [-0.3, -0.25) is 4.79 Å². The standard InChI is InChI=1S/C17H13ClN2O2S/c1-10-5-6-13-14(7-10)23-16(15(13)18)17(22)20-19-9-11-3-2-4-12(21)8-11/h2-9,21H,1H3,(H,20,22)/b19-9+. The fourth-order valence-electron chi connectivity index (χ4n) is 2.14. The van der Waals surface area contributed by atoms with Gasteiger partial charge in [0, 0.05) is 10.1 Å². The Morgan fingerprint density at radius 3 is 2.91 bits per heavy atom. The van der Waals surface area contributed by atoms with E-state index in [0.717, 1.165) is 15.6 Å². The van der Waals surface area contributed by atoms with Crippen molar-refractivity contribution in [3.05, 3.63) is 63.5 Å². The summed E-state index contributed by atoms with van der Waals surface area (Å²) in [6, 6.07) is 12.5. The molecule has 116 valence electrons. The summed E-state index contributed by atoms with van der Waals surface area (Å²) in [6.45, 7) is 1.99. The number of carbonyl (C=O) groups is 1. The molecule has 0 spiro atoms. The van der Waals surface area contributed by atoms with Gasteiger partial charge in [-0.2, -0.15) is 5.10 Å². The van der Waals surface area contributed by atoms with Crippen LogP contribution >= 0.6 is 22.9 Å². The van der Waals surface area contributed by atoms with Crippen LogP contribution in [0.3, 0.4) is 0 Å². The molecule has 23 heavy (non-hydrogen) atoms. The number of thiophene rings is 1. The zero-order valence-corrected chi connectivity index (χ0v) is 13.8. The van der Waals surface area contributed by atoms with Crippen LogP contribution in [-0.4, -0.2) is 17.2 Å². The second kappa shape index (κ2) is 6.40. The highest BCUT2D eigenvalue weighted by Gasteiger charge is 2.16. The van der Waals surface area contributed by atoms with Crippen molar-refractivity contribution in [3.8, 4) is 5.75 Å². The molecule has 2 N–H and O–H groups in total. The van der Waals surface area contributed by atoms with Gasteiger partial charge in [-0.05, 0) is 36.2 Å². The van der Waals surface area contributed by atoms with E-state index in [1.54, 1.807) is 24.3 Å². The van der Waals surface area contributed by atoms with Gasteiger partial charge < -0.3 is 5.11 Å². The second-order valence-corrected chi connectivity index (χ2v) is 6.47. The van der Waals surface area contributed by atoms with Gasteiger partial charge in [-0.25, -0.2) is 5.43 Å². The number of hydrogen-bond donors (Lipinski definition) is 2. The van der Waals surface area contributed by atoms with Crippen LogP contribution < -0.4 is 5.43 Å². The molecule has 0 aliphatic heterocycles. The van der Waals surface area contributed by atoms with Crippen LogP contribution in [0.1, 0.15) is 20.8 Å². The van der Waals surface area contributed by atoms with E-state index in [1.807, 2.05) is 25.1 Å². The van der Waals surface area contributed by atoms with Crippen LogP contribution in [0.4, 0.5) is 0 Å². The van der Waals surface area contributed by atoms with E-state index in [2.05, 4.69) is 10.5 Å². The fourth-order valence-corrected chi connectivity index (χ4v) is 3.64. The van der Waals surface area contributed by atoms with Gasteiger partial charge in [-0.15, -0.1) is 11.3 Å². The van der Waals surface area contributed by atoms with Gasteiger partial charge in [-0.1, -0.05) is 35.9 Å². The molecule has 1 heterocycles. The van der Waals surface area contributed by atoms with E-state index in [9.17, 15) is 9.90 Å². The van der Waals surface area contributed by atoms with Gasteiger partial charge in [0.1, 0.15) is 10.6 Å². The first-order valence-electron chi connectivity index (χ1n) is 6.85. The number of phenolic OH excluding ortho intramolecular Hbond substituents is 1. The zero-order chi connectivity index (χ0) is 16.4. The molecule has 6 heteroatoms. The van der Waals surface area contributed by atoms with Gasteiger partial charge in [0.15, 0.2) is 0 Å². The lowest BCUT2D eigenvalue weighted by Crippen LogP contribution is -2.16. The number of rotatable bonds is 3. The number of carbonyl (C=O) groups excluding carboxylic acids is 1. The van der Waals surface area contributed by atoms with Gasteiger partial charge in [0.05, 0.1) is 11.2 Å². The van der Waals surface area contributed by atoms with Crippen molar-refractivity contribution in [2.24, 2.45) is 5.10 Å². The number of amides is 1. The predicted octanol–water partition coefficient (Wildman–Crippen LogP) is 4.33. The molecule has 2 aromatic carbocycles. The highest BCUT2D eigenvalue weighted by molar-refractivity contribution is 7.21. The van der Waals surface area contributed by atoms with Gasteiger partial charge in [0.2, 0.25) is 0 Å². The van der Waals surface area contributed by atoms with Crippen LogP contribution in [0.2, 0.25) is 5.02 Å². The molecule has 0 aliphatic rings. The third kappa shape index (κ3) is 3.36. The summed E-state index contributed by atoms with van der Waals surface area (Å²) < 4.78 is 0.970. The van der Waals surface area contributed by atoms with Crippen LogP contribution in [0, 0.1) is 6.92 Å². The average Bonchev–Trinajstić information content (AvgIpc) is 2.83. The Bertz CT molecular complexity index is 918. The van der Waals surface area contributed by atoms with Crippen LogP contribution in [0.25, 0.3) is 10.1 Å². The molecular formula is C17H13ClN2O2S. The summed E-state index contributed by atoms with van der Waals surface area (Å²) in [5, 5.41) is 14.6. The van der Waals surface area contributed by atoms with Crippen LogP contribution in [0.5, 0.6) is 5.75 Å². The summed E-state index contributed by atoms with van der Waals surface area (Å²) in [5.41, 5.74) is 4.26. The lowest BCUT2D eigenvalue weighted by Gasteiger charge is -1.98. The van der Waals surface area contributed by atoms with E-state index in [4.69, 9.17) is 11.6 Å². The maximum atomic E-state index is 12.2. The van der Waals surface area contributed by atoms with E-state index < -0.39 is 0 Å². The average molecular weight is 345 g/mol. The number of fused-ring (bicyclic) bond motifs is 1. The summed E-state index contributed by atoms with van der Waals surface area (Å²) in [7, 11) is 0. The minimum absolute atomic E-state index is 0.142. The molecule has 4 nitrogen and oxygen atoms in total. The number of benzene rings is 2. The minimum atomic E-state index is -0.356. The van der Waals surface area contributed by atoms with Crippen LogP contribution in [-0.2, 0) is 0 Å². The molecule has 1 amide bonds. The molecule has 0 bridgehead atoms. The topological polar surface area (TPSA) is 61.7 Å². The maximum Gasteiger partial charge on any atom is 0.283 e. The number of phenols is 1. The van der Waals surface area contributed by atoms with E-state index in [-0.39, 0.29) is 11.7 Å². The Kier molecular flexibility index (Phi) is 4.32. The predicted molar refractivity (Wildman–Crippen MR) is 94.7 cm³/mol. The molecular weight excluding hydrogens is 332 g/mol. The first kappa shape index (κ1) is 15.5. The number of hydrogen-bond acceptors (Lipinski definition) is 4. The molecule has 0 saturated carbocycles. The molecule has 0 saturated heterocycles. The van der Waals surface area contributed by atoms with Crippen LogP contribution in [0.15, 0.2) is 47.6 Å². The lowest BCUT2D eigenvalue weighted by atomic mass is 10.2. The number of aryl methyl sites for hydroxylation is 1. The van der Waals surface area contributed by atoms with Crippen molar-refractivity contribution in [1.82, 2.24) is 5.43 Å². The van der Waals surface area contributed by atoms with E-state index >= 15 is 0 Å². The summed E-state index contributed by atoms with van der Waals surface area (Å²) in [4.78, 5) is 12.7. The van der Waals surface area contributed by atoms with Gasteiger partial charge >= 0.3 is 0 Å². The monoisotopic (exact) mass is 344 g/mol. The van der Waals surface area contributed by atoms with Crippen molar-refractivity contribution in [2.75, 3.05) is 0 Å². The number of halogens is 1. The molecule has 0 radical (unpaired) electrons. The third-order valence-corrected chi connectivity index (χ3v) is 4.90. The Labute approximate surface area is 142 Å². The molecule has 3 rings (SSSR count). The first-order chi connectivity index (χ1) is 11.0. The van der Waals surface area contributed by atoms with Crippen molar-refractivity contribution >= 4 is 45.1 Å². The Morgan fingerprint density at radius 2 is 2.13 bits per heavy atom. The molecule has 0 aliphatic carbocycles. The zero-order valence-electron chi connectivity index (χ0n) is 12.2. The summed E-state index contributed by atoms with van der Waals surface area (Å²) in [5.74, 6) is -0.214. The summed E-state index contributed by atoms with van der Waals surface area (Å²) in [6.07, 6.45) is 1.46. The van der Waals surface area contributed by atoms with Crippen molar-refractivity contribution < 1.29 is 9.90 Å². The highest BCUT2D eigenvalue weighted by Crippen LogP contribution is 2.35. The normalized spacial score (nSPS) is 11.2. The Balaban J connectivity index is 1.79. The first-order valence-corrected chi connectivity index (χ1v) is 8.05. The number of aromatic hydroxyl groups is 1. The minimum Gasteiger partial charge on any atom is -0.508 e. The Morgan fingerprint density at radius 1 is 1.30 bits per heavy atom. The third-order valence-electron chi connectivity index (χ3n) is 3.24. The number of hydrazone groups is 1. The maximum absolute atomic E-state index is 12.2. The molecule has 1 aromatic heterocycles. The van der Waals surface area contributed by atoms with Crippen molar-refractivity contribution in [2.45, 2.75) is 6.92 Å². The largest absolute Gasteiger partial charge is 0.508 e. The Hall–Kier alpha value is -2.37. The second-order valence-electron chi connectivity index (χ2n) is 5.04. The fraction of sp³-hybridized carbons (Fsp3) is 0.0588. The molecule has 3 aromatic rings. The molecule has 0 fully saturated rings. The summed E-state index contributed by atoms with van der Waals surface area (Å²) >= 11 is 7.62. The van der Waals surface area contributed by atoms with Gasteiger partial charge in [0.25, 0.3) is 5.91 Å². The highest BCUT2D eigenvalue weighted by atomic mass is 35.5. The van der Waals surface area contributed by atoms with Crippen molar-refractivity contribution in [3.63, 3.8) is 0 Å². The molecule has 0 unspecified atom stereocenters. The molecule has 0 atom stereocenters. The smallest absolute Gasteiger partial charge is 0.283 e. The number of nitrogens with one attached hydrogen (secondary N) is 1.